The first kappa shape index (κ1) is 19.3. The topological polar surface area (TPSA) is 80.3 Å². The summed E-state index contributed by atoms with van der Waals surface area (Å²) < 4.78 is 17.9. The van der Waals surface area contributed by atoms with Crippen molar-refractivity contribution in [3.63, 3.8) is 0 Å². The van der Waals surface area contributed by atoms with Crippen LogP contribution >= 0.6 is 11.6 Å². The van der Waals surface area contributed by atoms with Crippen molar-refractivity contribution in [2.75, 3.05) is 17.7 Å². The highest BCUT2D eigenvalue weighted by atomic mass is 35.5. The maximum absolute atomic E-state index is 13.3. The second-order valence-electron chi connectivity index (χ2n) is 5.71. The Labute approximate surface area is 165 Å². The van der Waals surface area contributed by atoms with Crippen molar-refractivity contribution in [1.82, 2.24) is 4.98 Å². The molecule has 1 heterocycles. The molecule has 3 aromatic rings. The van der Waals surface area contributed by atoms with Crippen LogP contribution in [0.5, 0.6) is 0 Å². The lowest BCUT2D eigenvalue weighted by Crippen LogP contribution is -2.14. The highest BCUT2D eigenvalue weighted by Crippen LogP contribution is 2.23. The SMILES string of the molecule is COC(=O)c1ccc(NC(=O)c2cc(Nc3ccc(F)c(Cl)c3)ccn2)cc1. The predicted octanol–water partition coefficient (Wildman–Crippen LogP) is 4.66. The van der Waals surface area contributed by atoms with E-state index in [0.717, 1.165) is 0 Å². The zero-order valence-electron chi connectivity index (χ0n) is 14.7. The van der Waals surface area contributed by atoms with Gasteiger partial charge in [0.05, 0.1) is 17.7 Å². The van der Waals surface area contributed by atoms with Crippen LogP contribution in [0.25, 0.3) is 0 Å². The molecule has 2 aromatic carbocycles. The summed E-state index contributed by atoms with van der Waals surface area (Å²) in [5, 5.41) is 5.73. The highest BCUT2D eigenvalue weighted by Gasteiger charge is 2.10. The van der Waals surface area contributed by atoms with E-state index in [1.807, 2.05) is 0 Å². The van der Waals surface area contributed by atoms with Gasteiger partial charge in [0.15, 0.2) is 0 Å². The number of ether oxygens (including phenoxy) is 1. The number of methoxy groups -OCH3 is 1. The first-order chi connectivity index (χ1) is 13.5. The summed E-state index contributed by atoms with van der Waals surface area (Å²) in [6, 6.07) is 13.7. The molecule has 0 saturated heterocycles. The molecule has 0 spiro atoms. The van der Waals surface area contributed by atoms with Crippen molar-refractivity contribution in [1.29, 1.82) is 0 Å². The van der Waals surface area contributed by atoms with E-state index in [9.17, 15) is 14.0 Å². The van der Waals surface area contributed by atoms with E-state index >= 15 is 0 Å². The fourth-order valence-corrected chi connectivity index (χ4v) is 2.56. The van der Waals surface area contributed by atoms with Crippen molar-refractivity contribution in [3.8, 4) is 0 Å². The molecule has 0 atom stereocenters. The van der Waals surface area contributed by atoms with Crippen LogP contribution < -0.4 is 10.6 Å². The van der Waals surface area contributed by atoms with Gasteiger partial charge in [-0.2, -0.15) is 0 Å². The Morgan fingerprint density at radius 2 is 1.68 bits per heavy atom. The van der Waals surface area contributed by atoms with E-state index in [-0.39, 0.29) is 10.7 Å². The van der Waals surface area contributed by atoms with Gasteiger partial charge in [-0.15, -0.1) is 0 Å². The van der Waals surface area contributed by atoms with E-state index in [4.69, 9.17) is 11.6 Å². The van der Waals surface area contributed by atoms with Gasteiger partial charge in [-0.1, -0.05) is 11.6 Å². The molecule has 28 heavy (non-hydrogen) atoms. The average molecular weight is 400 g/mol. The molecule has 8 heteroatoms. The van der Waals surface area contributed by atoms with Crippen LogP contribution in [0.2, 0.25) is 5.02 Å². The van der Waals surface area contributed by atoms with Crippen molar-refractivity contribution in [2.24, 2.45) is 0 Å². The van der Waals surface area contributed by atoms with Crippen LogP contribution in [0.3, 0.4) is 0 Å². The highest BCUT2D eigenvalue weighted by molar-refractivity contribution is 6.31. The normalized spacial score (nSPS) is 10.2. The van der Waals surface area contributed by atoms with E-state index < -0.39 is 17.7 Å². The molecule has 2 N–H and O–H groups in total. The summed E-state index contributed by atoms with van der Waals surface area (Å²) in [5.41, 5.74) is 2.22. The summed E-state index contributed by atoms with van der Waals surface area (Å²) >= 11 is 5.77. The van der Waals surface area contributed by atoms with Crippen LogP contribution in [0.4, 0.5) is 21.5 Å². The molecule has 0 aliphatic rings. The molecule has 0 aliphatic carbocycles. The molecule has 142 valence electrons. The number of halogens is 2. The number of amides is 1. The largest absolute Gasteiger partial charge is 0.465 e. The smallest absolute Gasteiger partial charge is 0.337 e. The van der Waals surface area contributed by atoms with Crippen molar-refractivity contribution in [3.05, 3.63) is 82.9 Å². The molecule has 6 nitrogen and oxygen atoms in total. The lowest BCUT2D eigenvalue weighted by molar-refractivity contribution is 0.0600. The minimum Gasteiger partial charge on any atom is -0.465 e. The standard InChI is InChI=1S/C20H15ClFN3O3/c1-28-20(27)12-2-4-13(5-3-12)25-19(26)18-11-15(8-9-23-18)24-14-6-7-17(22)16(21)10-14/h2-11H,1H3,(H,23,24)(H,25,26). The van der Waals surface area contributed by atoms with E-state index in [2.05, 4.69) is 20.4 Å². The second kappa shape index (κ2) is 8.49. The van der Waals surface area contributed by atoms with Gasteiger partial charge in [0.25, 0.3) is 5.91 Å². The van der Waals surface area contributed by atoms with Gasteiger partial charge in [0, 0.05) is 23.3 Å². The quantitative estimate of drug-likeness (QED) is 0.610. The molecule has 1 aromatic heterocycles. The van der Waals surface area contributed by atoms with Crippen LogP contribution in [-0.2, 0) is 4.74 Å². The molecule has 0 unspecified atom stereocenters. The number of pyridine rings is 1. The third kappa shape index (κ3) is 4.63. The fourth-order valence-electron chi connectivity index (χ4n) is 2.38. The first-order valence-corrected chi connectivity index (χ1v) is 8.52. The number of carbonyl (C=O) groups excluding carboxylic acids is 2. The number of rotatable bonds is 5. The molecule has 0 bridgehead atoms. The lowest BCUT2D eigenvalue weighted by atomic mass is 10.2. The average Bonchev–Trinajstić information content (AvgIpc) is 2.71. The zero-order chi connectivity index (χ0) is 20.1. The van der Waals surface area contributed by atoms with Gasteiger partial charge in [0.1, 0.15) is 11.5 Å². The van der Waals surface area contributed by atoms with Crippen LogP contribution in [0.1, 0.15) is 20.8 Å². The van der Waals surface area contributed by atoms with Gasteiger partial charge >= 0.3 is 5.97 Å². The minimum atomic E-state index is -0.514. The summed E-state index contributed by atoms with van der Waals surface area (Å²) in [6.07, 6.45) is 1.47. The van der Waals surface area contributed by atoms with Gasteiger partial charge in [-0.25, -0.2) is 9.18 Å². The van der Waals surface area contributed by atoms with E-state index in [1.165, 1.54) is 31.5 Å². The molecule has 0 saturated carbocycles. The Kier molecular flexibility index (Phi) is 5.86. The monoisotopic (exact) mass is 399 g/mol. The number of anilines is 3. The number of hydrogen-bond acceptors (Lipinski definition) is 5. The number of aromatic nitrogens is 1. The second-order valence-corrected chi connectivity index (χ2v) is 6.11. The fraction of sp³-hybridized carbons (Fsp3) is 0.0500. The molecule has 0 radical (unpaired) electrons. The maximum atomic E-state index is 13.3. The number of nitrogens with one attached hydrogen (secondary N) is 2. The predicted molar refractivity (Wildman–Crippen MR) is 105 cm³/mol. The summed E-state index contributed by atoms with van der Waals surface area (Å²) in [4.78, 5) is 27.9. The molecule has 3 rings (SSSR count). The Morgan fingerprint density at radius 3 is 2.36 bits per heavy atom. The van der Waals surface area contributed by atoms with Gasteiger partial charge in [-0.05, 0) is 54.6 Å². The lowest BCUT2D eigenvalue weighted by Gasteiger charge is -2.09. The molecular weight excluding hydrogens is 385 g/mol. The van der Waals surface area contributed by atoms with Crippen LogP contribution in [0, 0.1) is 5.82 Å². The van der Waals surface area contributed by atoms with Crippen LogP contribution in [-0.4, -0.2) is 24.0 Å². The van der Waals surface area contributed by atoms with E-state index in [0.29, 0.717) is 22.6 Å². The van der Waals surface area contributed by atoms with Crippen LogP contribution in [0.15, 0.2) is 60.8 Å². The van der Waals surface area contributed by atoms with Gasteiger partial charge in [0.2, 0.25) is 0 Å². The molecule has 0 aliphatic heterocycles. The minimum absolute atomic E-state index is 0.00701. The number of nitrogens with zero attached hydrogens (tertiary/aromatic N) is 1. The van der Waals surface area contributed by atoms with Crippen molar-refractivity contribution >= 4 is 40.5 Å². The Bertz CT molecular complexity index is 1030. The summed E-state index contributed by atoms with van der Waals surface area (Å²) in [5.74, 6) is -1.40. The third-order valence-corrected chi connectivity index (χ3v) is 4.05. The van der Waals surface area contributed by atoms with Gasteiger partial charge in [-0.3, -0.25) is 9.78 Å². The van der Waals surface area contributed by atoms with E-state index in [1.54, 1.807) is 36.4 Å². The Balaban J connectivity index is 1.71. The van der Waals surface area contributed by atoms with Gasteiger partial charge < -0.3 is 15.4 Å². The summed E-state index contributed by atoms with van der Waals surface area (Å²) in [7, 11) is 1.30. The van der Waals surface area contributed by atoms with Crippen molar-refractivity contribution < 1.29 is 18.7 Å². The van der Waals surface area contributed by atoms with Crippen molar-refractivity contribution in [2.45, 2.75) is 0 Å². The number of hydrogen-bond donors (Lipinski definition) is 2. The Hall–Kier alpha value is -3.45. The number of esters is 1. The summed E-state index contributed by atoms with van der Waals surface area (Å²) in [6.45, 7) is 0. The molecular formula is C20H15ClFN3O3. The Morgan fingerprint density at radius 1 is 1.00 bits per heavy atom. The number of carbonyl (C=O) groups is 2. The first-order valence-electron chi connectivity index (χ1n) is 8.14. The third-order valence-electron chi connectivity index (χ3n) is 3.76. The molecule has 1 amide bonds. The maximum Gasteiger partial charge on any atom is 0.337 e. The zero-order valence-corrected chi connectivity index (χ0v) is 15.5. The number of benzene rings is 2. The molecule has 0 fully saturated rings.